The van der Waals surface area contributed by atoms with Gasteiger partial charge in [0.05, 0.1) is 17.1 Å². The fraction of sp³-hybridized carbons (Fsp3) is 0.500. The zero-order valence-corrected chi connectivity index (χ0v) is 24.2. The number of benzene rings is 2. The first-order valence-corrected chi connectivity index (χ1v) is 14.1. The summed E-state index contributed by atoms with van der Waals surface area (Å²) in [6.45, 7) is 6.60. The van der Waals surface area contributed by atoms with Crippen LogP contribution in [0.4, 0.5) is 8.78 Å². The van der Waals surface area contributed by atoms with Crippen LogP contribution in [0.1, 0.15) is 63.5 Å². The van der Waals surface area contributed by atoms with Gasteiger partial charge in [-0.05, 0) is 54.4 Å². The van der Waals surface area contributed by atoms with Crippen molar-refractivity contribution in [2.75, 3.05) is 13.1 Å². The molecule has 214 valence electrons. The molecule has 2 N–H and O–H groups in total. The predicted molar refractivity (Wildman–Crippen MR) is 149 cm³/mol. The molecule has 4 rings (SSSR count). The lowest BCUT2D eigenvalue weighted by molar-refractivity contribution is -0.139. The number of aliphatic carboxylic acids is 1. The first-order valence-electron chi connectivity index (χ1n) is 13.4. The van der Waals surface area contributed by atoms with Crippen LogP contribution in [0.25, 0.3) is 0 Å². The summed E-state index contributed by atoms with van der Waals surface area (Å²) in [5.74, 6) is -3.88. The van der Waals surface area contributed by atoms with Crippen LogP contribution in [0, 0.1) is 34.3 Å². The minimum absolute atomic E-state index is 0.0287. The van der Waals surface area contributed by atoms with E-state index in [1.54, 1.807) is 11.0 Å². The van der Waals surface area contributed by atoms with Crippen LogP contribution in [-0.2, 0) is 15.0 Å². The molecule has 0 spiro atoms. The molecular weight excluding hydrogens is 559 g/mol. The Balaban J connectivity index is 1.87. The summed E-state index contributed by atoms with van der Waals surface area (Å²) in [6, 6.07) is 9.04. The highest BCUT2D eigenvalue weighted by Crippen LogP contribution is 2.53. The van der Waals surface area contributed by atoms with Gasteiger partial charge >= 0.3 is 5.97 Å². The number of carboxylic acids is 1. The predicted octanol–water partition coefficient (Wildman–Crippen LogP) is 6.31. The van der Waals surface area contributed by atoms with E-state index < -0.39 is 41.0 Å². The molecule has 2 aromatic carbocycles. The SMILES string of the molecule is CC(C)(C)CC1N[C@@H](C(=O)N2CCC(CC(=O)O)CC2)C(c2cccc(Cl)c2F)[C@@]1(C#N)c1ccc(Cl)cc1F. The second-order valence-electron chi connectivity index (χ2n) is 12.1. The Kier molecular flexibility index (Phi) is 8.79. The van der Waals surface area contributed by atoms with E-state index in [0.717, 1.165) is 6.07 Å². The topological polar surface area (TPSA) is 93.4 Å². The number of nitriles is 1. The molecule has 2 aromatic rings. The maximum atomic E-state index is 15.8. The Morgan fingerprint density at radius 2 is 1.85 bits per heavy atom. The summed E-state index contributed by atoms with van der Waals surface area (Å²) in [5.41, 5.74) is -1.95. The number of piperidine rings is 1. The molecule has 2 unspecified atom stereocenters. The number of carbonyl (C=O) groups excluding carboxylic acids is 1. The average molecular weight is 593 g/mol. The number of amides is 1. The van der Waals surface area contributed by atoms with E-state index in [9.17, 15) is 20.0 Å². The Labute approximate surface area is 243 Å². The van der Waals surface area contributed by atoms with E-state index in [4.69, 9.17) is 23.2 Å². The molecule has 0 aromatic heterocycles. The van der Waals surface area contributed by atoms with Crippen molar-refractivity contribution in [1.29, 1.82) is 5.26 Å². The molecule has 2 saturated heterocycles. The third-order valence-corrected chi connectivity index (χ3v) is 8.63. The third kappa shape index (κ3) is 5.83. The number of likely N-dealkylation sites (tertiary alicyclic amines) is 1. The quantitative estimate of drug-likeness (QED) is 0.411. The average Bonchev–Trinajstić information content (AvgIpc) is 3.18. The summed E-state index contributed by atoms with van der Waals surface area (Å²) in [4.78, 5) is 27.0. The van der Waals surface area contributed by atoms with E-state index in [1.165, 1.54) is 24.3 Å². The van der Waals surface area contributed by atoms with Gasteiger partial charge in [-0.1, -0.05) is 62.2 Å². The monoisotopic (exact) mass is 591 g/mol. The van der Waals surface area contributed by atoms with Gasteiger partial charge < -0.3 is 15.3 Å². The number of hydrogen-bond donors (Lipinski definition) is 2. The molecule has 0 radical (unpaired) electrons. The van der Waals surface area contributed by atoms with Crippen molar-refractivity contribution in [3.05, 3.63) is 69.2 Å². The van der Waals surface area contributed by atoms with E-state index in [2.05, 4.69) is 11.4 Å². The second kappa shape index (κ2) is 11.6. The third-order valence-electron chi connectivity index (χ3n) is 8.10. The summed E-state index contributed by atoms with van der Waals surface area (Å²) in [7, 11) is 0. The molecule has 4 atom stereocenters. The fourth-order valence-corrected chi connectivity index (χ4v) is 6.69. The number of carboxylic acid groups (broad SMARTS) is 1. The van der Waals surface area contributed by atoms with Gasteiger partial charge in [-0.3, -0.25) is 9.59 Å². The normalized spacial score (nSPS) is 25.6. The van der Waals surface area contributed by atoms with Crippen LogP contribution in [0.15, 0.2) is 36.4 Å². The molecule has 2 aliphatic rings. The van der Waals surface area contributed by atoms with E-state index in [1.807, 2.05) is 20.8 Å². The van der Waals surface area contributed by atoms with Crippen molar-refractivity contribution in [2.24, 2.45) is 11.3 Å². The maximum absolute atomic E-state index is 15.8. The Bertz CT molecular complexity index is 1330. The van der Waals surface area contributed by atoms with Gasteiger partial charge in [-0.2, -0.15) is 5.26 Å². The Hall–Kier alpha value is -2.73. The van der Waals surface area contributed by atoms with Crippen LogP contribution < -0.4 is 5.32 Å². The number of nitrogens with zero attached hydrogens (tertiary/aromatic N) is 2. The zero-order chi connectivity index (χ0) is 29.4. The Morgan fingerprint density at radius 1 is 1.18 bits per heavy atom. The van der Waals surface area contributed by atoms with Crippen LogP contribution in [0.2, 0.25) is 10.0 Å². The van der Waals surface area contributed by atoms with E-state index >= 15 is 8.78 Å². The van der Waals surface area contributed by atoms with Gasteiger partial charge in [-0.15, -0.1) is 0 Å². The molecular formula is C30H33Cl2F2N3O3. The number of rotatable bonds is 6. The van der Waals surface area contributed by atoms with Crippen molar-refractivity contribution in [1.82, 2.24) is 10.2 Å². The molecule has 2 fully saturated rings. The summed E-state index contributed by atoms with van der Waals surface area (Å²) in [5, 5.41) is 23.4. The molecule has 1 amide bonds. The van der Waals surface area contributed by atoms with Crippen LogP contribution in [0.3, 0.4) is 0 Å². The van der Waals surface area contributed by atoms with Crippen molar-refractivity contribution in [3.8, 4) is 6.07 Å². The molecule has 0 aliphatic carbocycles. The molecule has 40 heavy (non-hydrogen) atoms. The number of carbonyl (C=O) groups is 2. The maximum Gasteiger partial charge on any atom is 0.303 e. The lowest BCUT2D eigenvalue weighted by Gasteiger charge is -2.38. The highest BCUT2D eigenvalue weighted by molar-refractivity contribution is 6.31. The van der Waals surface area contributed by atoms with Crippen LogP contribution >= 0.6 is 23.2 Å². The first kappa shape index (κ1) is 30.2. The molecule has 2 heterocycles. The van der Waals surface area contributed by atoms with Gasteiger partial charge in [0, 0.05) is 42.1 Å². The number of nitrogens with one attached hydrogen (secondary N) is 1. The summed E-state index contributed by atoms with van der Waals surface area (Å²) in [6.07, 6.45) is 1.44. The minimum Gasteiger partial charge on any atom is -0.481 e. The molecule has 0 saturated carbocycles. The first-order chi connectivity index (χ1) is 18.8. The van der Waals surface area contributed by atoms with Crippen LogP contribution in [-0.4, -0.2) is 47.1 Å². The summed E-state index contributed by atoms with van der Waals surface area (Å²) < 4.78 is 31.5. The highest BCUT2D eigenvalue weighted by atomic mass is 35.5. The summed E-state index contributed by atoms with van der Waals surface area (Å²) >= 11 is 12.3. The molecule has 0 bridgehead atoms. The highest BCUT2D eigenvalue weighted by Gasteiger charge is 2.61. The lowest BCUT2D eigenvalue weighted by Crippen LogP contribution is -2.50. The van der Waals surface area contributed by atoms with Crippen molar-refractivity contribution in [3.63, 3.8) is 0 Å². The van der Waals surface area contributed by atoms with Gasteiger partial charge in [-0.25, -0.2) is 8.78 Å². The minimum atomic E-state index is -1.69. The van der Waals surface area contributed by atoms with Gasteiger partial charge in [0.15, 0.2) is 0 Å². The second-order valence-corrected chi connectivity index (χ2v) is 12.9. The van der Waals surface area contributed by atoms with E-state index in [0.29, 0.717) is 32.4 Å². The standard InChI is InChI=1S/C30H33Cl2F2N3O3/c1-29(2,3)15-23-30(16-35,20-8-7-18(31)14-22(20)33)25(19-5-4-6-21(32)26(19)34)27(36-23)28(40)37-11-9-17(10-12-37)13-24(38)39/h4-8,14,17,23,25,27,36H,9-13,15H2,1-3H3,(H,38,39)/t23?,25?,27-,30+/m1/s1. The number of halogens is 4. The van der Waals surface area contributed by atoms with E-state index in [-0.39, 0.29) is 44.8 Å². The largest absolute Gasteiger partial charge is 0.481 e. The zero-order valence-electron chi connectivity index (χ0n) is 22.7. The van der Waals surface area contributed by atoms with Crippen LogP contribution in [0.5, 0.6) is 0 Å². The molecule has 6 nitrogen and oxygen atoms in total. The van der Waals surface area contributed by atoms with Crippen molar-refractivity contribution in [2.45, 2.75) is 69.9 Å². The van der Waals surface area contributed by atoms with Crippen molar-refractivity contribution < 1.29 is 23.5 Å². The molecule has 2 aliphatic heterocycles. The lowest BCUT2D eigenvalue weighted by atomic mass is 9.62. The number of hydrogen-bond acceptors (Lipinski definition) is 4. The smallest absolute Gasteiger partial charge is 0.303 e. The Morgan fingerprint density at radius 3 is 2.42 bits per heavy atom. The van der Waals surface area contributed by atoms with Gasteiger partial charge in [0.2, 0.25) is 5.91 Å². The van der Waals surface area contributed by atoms with Gasteiger partial charge in [0.1, 0.15) is 17.0 Å². The van der Waals surface area contributed by atoms with Gasteiger partial charge in [0.25, 0.3) is 0 Å². The fourth-order valence-electron chi connectivity index (χ4n) is 6.34. The van der Waals surface area contributed by atoms with Crippen molar-refractivity contribution >= 4 is 35.1 Å². The molecule has 10 heteroatoms.